The normalized spacial score (nSPS) is 11.6. The fraction of sp³-hybridized carbons (Fsp3) is 0.364. The molecule has 0 aromatic carbocycles. The Morgan fingerprint density at radius 2 is 2.06 bits per heavy atom. The van der Waals surface area contributed by atoms with Crippen molar-refractivity contribution in [3.8, 4) is 5.88 Å². The van der Waals surface area contributed by atoms with E-state index in [1.807, 2.05) is 19.9 Å². The molecule has 0 amide bonds. The number of alkyl halides is 2. The number of hydrogen-bond donors (Lipinski definition) is 1. The quantitative estimate of drug-likeness (QED) is 0.872. The summed E-state index contributed by atoms with van der Waals surface area (Å²) in [6.45, 7) is 1.24. The molecule has 0 fully saturated rings. The highest BCUT2D eigenvalue weighted by Crippen LogP contribution is 2.22. The van der Waals surface area contributed by atoms with Gasteiger partial charge in [0.05, 0.1) is 0 Å². The summed E-state index contributed by atoms with van der Waals surface area (Å²) in [5, 5.41) is 0.894. The number of halogens is 2. The number of pyridine rings is 1. The van der Waals surface area contributed by atoms with Crippen molar-refractivity contribution in [2.24, 2.45) is 0 Å². The maximum atomic E-state index is 12.0. The van der Waals surface area contributed by atoms with Gasteiger partial charge in [-0.05, 0) is 18.1 Å². The SMILES string of the molecule is CC(C)c1cc2ccc(OC(F)F)nc2[nH]1. The Morgan fingerprint density at radius 3 is 2.69 bits per heavy atom. The van der Waals surface area contributed by atoms with Crippen molar-refractivity contribution in [3.63, 3.8) is 0 Å². The van der Waals surface area contributed by atoms with Crippen molar-refractivity contribution < 1.29 is 13.5 Å². The highest BCUT2D eigenvalue weighted by Gasteiger charge is 2.09. The third-order valence-corrected chi connectivity index (χ3v) is 2.31. The fourth-order valence-corrected chi connectivity index (χ4v) is 1.48. The van der Waals surface area contributed by atoms with Crippen LogP contribution in [0.25, 0.3) is 11.0 Å². The van der Waals surface area contributed by atoms with Gasteiger partial charge in [-0.2, -0.15) is 13.8 Å². The molecule has 0 aliphatic rings. The van der Waals surface area contributed by atoms with E-state index in [1.165, 1.54) is 6.07 Å². The van der Waals surface area contributed by atoms with Crippen LogP contribution in [0.3, 0.4) is 0 Å². The van der Waals surface area contributed by atoms with Crippen LogP contribution in [0.1, 0.15) is 25.5 Å². The van der Waals surface area contributed by atoms with Crippen molar-refractivity contribution in [3.05, 3.63) is 23.9 Å². The number of ether oxygens (including phenoxy) is 1. The second kappa shape index (κ2) is 4.08. The van der Waals surface area contributed by atoms with Crippen LogP contribution < -0.4 is 4.74 Å². The van der Waals surface area contributed by atoms with Crippen LogP contribution in [0, 0.1) is 0 Å². The lowest BCUT2D eigenvalue weighted by atomic mass is 10.1. The zero-order valence-electron chi connectivity index (χ0n) is 9.00. The molecule has 0 aliphatic carbocycles. The van der Waals surface area contributed by atoms with E-state index >= 15 is 0 Å². The van der Waals surface area contributed by atoms with Crippen LogP contribution in [0.4, 0.5) is 8.78 Å². The van der Waals surface area contributed by atoms with Gasteiger partial charge >= 0.3 is 6.61 Å². The van der Waals surface area contributed by atoms with Crippen molar-refractivity contribution in [1.29, 1.82) is 0 Å². The van der Waals surface area contributed by atoms with Crippen LogP contribution >= 0.6 is 0 Å². The molecule has 0 unspecified atom stereocenters. The maximum absolute atomic E-state index is 12.0. The Morgan fingerprint density at radius 1 is 1.31 bits per heavy atom. The second-order valence-corrected chi connectivity index (χ2v) is 3.85. The molecular weight excluding hydrogens is 214 g/mol. The van der Waals surface area contributed by atoms with Crippen LogP contribution in [0.15, 0.2) is 18.2 Å². The lowest BCUT2D eigenvalue weighted by Gasteiger charge is -2.02. The molecule has 3 nitrogen and oxygen atoms in total. The van der Waals surface area contributed by atoms with Crippen LogP contribution in [0.5, 0.6) is 5.88 Å². The van der Waals surface area contributed by atoms with Gasteiger partial charge in [0.2, 0.25) is 5.88 Å². The minimum absolute atomic E-state index is 0.0698. The number of hydrogen-bond acceptors (Lipinski definition) is 2. The van der Waals surface area contributed by atoms with Gasteiger partial charge in [0.25, 0.3) is 0 Å². The summed E-state index contributed by atoms with van der Waals surface area (Å²) in [5.74, 6) is 0.272. The zero-order chi connectivity index (χ0) is 11.7. The molecule has 0 atom stereocenters. The third kappa shape index (κ3) is 2.13. The number of H-pyrrole nitrogens is 1. The highest BCUT2D eigenvalue weighted by atomic mass is 19.3. The molecular formula is C11H12F2N2O. The number of nitrogens with one attached hydrogen (secondary N) is 1. The van der Waals surface area contributed by atoms with Gasteiger partial charge in [-0.25, -0.2) is 0 Å². The summed E-state index contributed by atoms with van der Waals surface area (Å²) < 4.78 is 28.2. The van der Waals surface area contributed by atoms with Crippen LogP contribution in [-0.4, -0.2) is 16.6 Å². The molecule has 0 saturated carbocycles. The standard InChI is InChI=1S/C11H12F2N2O/c1-6(2)8-5-7-3-4-9(16-11(12)13)15-10(7)14-8/h3-6,11H,1-2H3,(H,14,15). The number of aromatic nitrogens is 2. The minimum Gasteiger partial charge on any atom is -0.417 e. The molecule has 1 N–H and O–H groups in total. The van der Waals surface area contributed by atoms with E-state index in [0.29, 0.717) is 11.6 Å². The first-order valence-corrected chi connectivity index (χ1v) is 5.00. The van der Waals surface area contributed by atoms with Gasteiger partial charge in [0.1, 0.15) is 5.65 Å². The molecule has 2 aromatic rings. The zero-order valence-corrected chi connectivity index (χ0v) is 9.00. The summed E-state index contributed by atoms with van der Waals surface area (Å²) in [6.07, 6.45) is 0. The fourth-order valence-electron chi connectivity index (χ4n) is 1.48. The summed E-state index contributed by atoms with van der Waals surface area (Å²) >= 11 is 0. The molecule has 0 bridgehead atoms. The van der Waals surface area contributed by atoms with Gasteiger partial charge in [-0.1, -0.05) is 13.8 Å². The summed E-state index contributed by atoms with van der Waals surface area (Å²) in [7, 11) is 0. The molecule has 2 rings (SSSR count). The van der Waals surface area contributed by atoms with E-state index in [0.717, 1.165) is 11.1 Å². The van der Waals surface area contributed by atoms with Gasteiger partial charge in [-0.15, -0.1) is 0 Å². The average molecular weight is 226 g/mol. The lowest BCUT2D eigenvalue weighted by molar-refractivity contribution is -0.0526. The van der Waals surface area contributed by atoms with Crippen molar-refractivity contribution >= 4 is 11.0 Å². The van der Waals surface area contributed by atoms with Crippen molar-refractivity contribution in [2.45, 2.75) is 26.4 Å². The molecule has 2 heterocycles. The molecule has 86 valence electrons. The van der Waals surface area contributed by atoms with Crippen LogP contribution in [0.2, 0.25) is 0 Å². The smallest absolute Gasteiger partial charge is 0.388 e. The maximum Gasteiger partial charge on any atom is 0.388 e. The molecule has 2 aromatic heterocycles. The minimum atomic E-state index is -2.84. The number of rotatable bonds is 3. The monoisotopic (exact) mass is 226 g/mol. The van der Waals surface area contributed by atoms with Crippen LogP contribution in [-0.2, 0) is 0 Å². The van der Waals surface area contributed by atoms with E-state index in [2.05, 4.69) is 14.7 Å². The largest absolute Gasteiger partial charge is 0.417 e. The first-order valence-electron chi connectivity index (χ1n) is 5.00. The summed E-state index contributed by atoms with van der Waals surface area (Å²) in [4.78, 5) is 7.03. The molecule has 0 saturated heterocycles. The van der Waals surface area contributed by atoms with Crippen molar-refractivity contribution in [1.82, 2.24) is 9.97 Å². The Balaban J connectivity index is 2.38. The summed E-state index contributed by atoms with van der Waals surface area (Å²) in [6, 6.07) is 5.11. The average Bonchev–Trinajstić information content (AvgIpc) is 2.59. The van der Waals surface area contributed by atoms with Gasteiger partial charge in [-0.3, -0.25) is 0 Å². The van der Waals surface area contributed by atoms with E-state index in [1.54, 1.807) is 6.07 Å². The molecule has 0 aliphatic heterocycles. The van der Waals surface area contributed by atoms with E-state index in [-0.39, 0.29) is 5.88 Å². The molecule has 0 radical (unpaired) electrons. The Labute approximate surface area is 91.4 Å². The lowest BCUT2D eigenvalue weighted by Crippen LogP contribution is -2.03. The third-order valence-electron chi connectivity index (χ3n) is 2.31. The van der Waals surface area contributed by atoms with E-state index in [9.17, 15) is 8.78 Å². The second-order valence-electron chi connectivity index (χ2n) is 3.85. The Hall–Kier alpha value is -1.65. The highest BCUT2D eigenvalue weighted by molar-refractivity contribution is 5.77. The van der Waals surface area contributed by atoms with Crippen molar-refractivity contribution in [2.75, 3.05) is 0 Å². The molecule has 0 spiro atoms. The molecule has 5 heteroatoms. The van der Waals surface area contributed by atoms with E-state index < -0.39 is 6.61 Å². The van der Waals surface area contributed by atoms with E-state index in [4.69, 9.17) is 0 Å². The first kappa shape index (κ1) is 10.9. The topological polar surface area (TPSA) is 37.9 Å². The van der Waals surface area contributed by atoms with Gasteiger partial charge in [0.15, 0.2) is 0 Å². The first-order chi connectivity index (χ1) is 7.56. The Bertz CT molecular complexity index is 494. The van der Waals surface area contributed by atoms with Gasteiger partial charge < -0.3 is 9.72 Å². The predicted octanol–water partition coefficient (Wildman–Crippen LogP) is 3.29. The number of fused-ring (bicyclic) bond motifs is 1. The number of nitrogens with zero attached hydrogens (tertiary/aromatic N) is 1. The number of aromatic amines is 1. The summed E-state index contributed by atoms with van der Waals surface area (Å²) in [5.41, 5.74) is 1.60. The molecule has 16 heavy (non-hydrogen) atoms. The van der Waals surface area contributed by atoms with Gasteiger partial charge in [0, 0.05) is 17.1 Å². The Kier molecular flexibility index (Phi) is 2.77. The predicted molar refractivity (Wildman–Crippen MR) is 56.8 cm³/mol.